The van der Waals surface area contributed by atoms with E-state index in [0.29, 0.717) is 24.4 Å². The second-order valence-corrected chi connectivity index (χ2v) is 8.80. The SMILES string of the molecule is COCCCNC(=O)CN(C)CC(=O)Nc1ccc(C)c(S(=O)(=O)N(C)C)c1. The van der Waals surface area contributed by atoms with Crippen LogP contribution >= 0.6 is 0 Å². The van der Waals surface area contributed by atoms with E-state index >= 15 is 0 Å². The van der Waals surface area contributed by atoms with Gasteiger partial charge in [0.05, 0.1) is 18.0 Å². The van der Waals surface area contributed by atoms with Gasteiger partial charge in [0.15, 0.2) is 0 Å². The van der Waals surface area contributed by atoms with Crippen molar-refractivity contribution in [2.45, 2.75) is 18.2 Å². The molecule has 28 heavy (non-hydrogen) atoms. The van der Waals surface area contributed by atoms with Crippen molar-refractivity contribution in [3.8, 4) is 0 Å². The summed E-state index contributed by atoms with van der Waals surface area (Å²) in [5.41, 5.74) is 0.974. The summed E-state index contributed by atoms with van der Waals surface area (Å²) in [5.74, 6) is -0.521. The summed E-state index contributed by atoms with van der Waals surface area (Å²) in [7, 11) is 2.56. The molecule has 0 heterocycles. The first-order valence-electron chi connectivity index (χ1n) is 8.85. The van der Waals surface area contributed by atoms with Crippen molar-refractivity contribution < 1.29 is 22.7 Å². The van der Waals surface area contributed by atoms with Gasteiger partial charge in [0.2, 0.25) is 21.8 Å². The van der Waals surface area contributed by atoms with E-state index in [1.54, 1.807) is 38.1 Å². The molecule has 0 spiro atoms. The number of carbonyl (C=O) groups is 2. The van der Waals surface area contributed by atoms with Crippen molar-refractivity contribution >= 4 is 27.5 Å². The quantitative estimate of drug-likeness (QED) is 0.503. The Morgan fingerprint density at radius 3 is 2.36 bits per heavy atom. The van der Waals surface area contributed by atoms with Gasteiger partial charge in [0.1, 0.15) is 0 Å². The van der Waals surface area contributed by atoms with E-state index in [9.17, 15) is 18.0 Å². The van der Waals surface area contributed by atoms with Gasteiger partial charge in [0, 0.05) is 40.0 Å². The molecule has 0 aliphatic heterocycles. The first-order valence-corrected chi connectivity index (χ1v) is 10.3. The van der Waals surface area contributed by atoms with Gasteiger partial charge in [-0.1, -0.05) is 6.07 Å². The lowest BCUT2D eigenvalue weighted by Gasteiger charge is -2.17. The molecule has 0 aliphatic carbocycles. The van der Waals surface area contributed by atoms with Gasteiger partial charge >= 0.3 is 0 Å². The Bertz CT molecular complexity index is 780. The molecular formula is C18H30N4O5S. The predicted octanol–water partition coefficient (Wildman–Crippen LogP) is 0.268. The lowest BCUT2D eigenvalue weighted by atomic mass is 10.2. The Balaban J connectivity index is 2.63. The van der Waals surface area contributed by atoms with Crippen molar-refractivity contribution in [1.29, 1.82) is 0 Å². The fraction of sp³-hybridized carbons (Fsp3) is 0.556. The van der Waals surface area contributed by atoms with Crippen molar-refractivity contribution in [3.05, 3.63) is 23.8 Å². The Labute approximate surface area is 167 Å². The summed E-state index contributed by atoms with van der Waals surface area (Å²) in [5, 5.41) is 5.42. The Morgan fingerprint density at radius 1 is 1.11 bits per heavy atom. The van der Waals surface area contributed by atoms with Crippen LogP contribution in [0.15, 0.2) is 23.1 Å². The van der Waals surface area contributed by atoms with E-state index in [-0.39, 0.29) is 29.8 Å². The third-order valence-corrected chi connectivity index (χ3v) is 5.86. The van der Waals surface area contributed by atoms with Crippen LogP contribution in [0.1, 0.15) is 12.0 Å². The van der Waals surface area contributed by atoms with Gasteiger partial charge in [-0.2, -0.15) is 0 Å². The van der Waals surface area contributed by atoms with Crippen LogP contribution in [-0.4, -0.2) is 83.9 Å². The molecule has 1 rings (SSSR count). The van der Waals surface area contributed by atoms with Crippen LogP contribution in [0, 0.1) is 6.92 Å². The molecule has 9 nitrogen and oxygen atoms in total. The average Bonchev–Trinajstić information content (AvgIpc) is 2.59. The van der Waals surface area contributed by atoms with Crippen LogP contribution in [0.2, 0.25) is 0 Å². The molecule has 0 aromatic heterocycles. The van der Waals surface area contributed by atoms with Crippen molar-refractivity contribution in [3.63, 3.8) is 0 Å². The number of sulfonamides is 1. The Morgan fingerprint density at radius 2 is 1.75 bits per heavy atom. The van der Waals surface area contributed by atoms with E-state index < -0.39 is 10.0 Å². The monoisotopic (exact) mass is 414 g/mol. The van der Waals surface area contributed by atoms with Crippen LogP contribution in [0.5, 0.6) is 0 Å². The fourth-order valence-corrected chi connectivity index (χ4v) is 3.54. The summed E-state index contributed by atoms with van der Waals surface area (Å²) in [6.07, 6.45) is 0.720. The molecule has 0 radical (unpaired) electrons. The number of anilines is 1. The number of hydrogen-bond donors (Lipinski definition) is 2. The zero-order valence-corrected chi connectivity index (χ0v) is 17.9. The minimum atomic E-state index is -3.61. The average molecular weight is 415 g/mol. The number of ether oxygens (including phenoxy) is 1. The van der Waals surface area contributed by atoms with E-state index in [1.165, 1.54) is 20.2 Å². The predicted molar refractivity (Wildman–Crippen MR) is 108 cm³/mol. The molecule has 158 valence electrons. The molecule has 0 saturated carbocycles. The highest BCUT2D eigenvalue weighted by atomic mass is 32.2. The zero-order valence-electron chi connectivity index (χ0n) is 17.1. The van der Waals surface area contributed by atoms with Crippen LogP contribution in [0.3, 0.4) is 0 Å². The summed E-state index contributed by atoms with van der Waals surface area (Å²) in [6, 6.07) is 4.72. The first kappa shape index (κ1) is 24.0. The lowest BCUT2D eigenvalue weighted by molar-refractivity contribution is -0.123. The minimum absolute atomic E-state index is 0.00483. The van der Waals surface area contributed by atoms with Crippen molar-refractivity contribution in [2.24, 2.45) is 0 Å². The van der Waals surface area contributed by atoms with Gasteiger partial charge in [-0.05, 0) is 38.1 Å². The van der Waals surface area contributed by atoms with Gasteiger partial charge in [-0.25, -0.2) is 12.7 Å². The van der Waals surface area contributed by atoms with Crippen molar-refractivity contribution in [2.75, 3.05) is 59.8 Å². The van der Waals surface area contributed by atoms with E-state index in [2.05, 4.69) is 10.6 Å². The molecule has 1 aromatic carbocycles. The number of benzene rings is 1. The summed E-state index contributed by atoms with van der Waals surface area (Å²) in [6.45, 7) is 2.85. The molecule has 2 N–H and O–H groups in total. The molecule has 1 aromatic rings. The number of rotatable bonds is 11. The third-order valence-electron chi connectivity index (χ3n) is 3.90. The number of likely N-dealkylation sites (N-methyl/N-ethyl adjacent to an activating group) is 1. The third kappa shape index (κ3) is 7.55. The van der Waals surface area contributed by atoms with Gasteiger partial charge in [-0.15, -0.1) is 0 Å². The topological polar surface area (TPSA) is 108 Å². The van der Waals surface area contributed by atoms with Crippen molar-refractivity contribution in [1.82, 2.24) is 14.5 Å². The van der Waals surface area contributed by atoms with Gasteiger partial charge < -0.3 is 15.4 Å². The number of hydrogen-bond acceptors (Lipinski definition) is 6. The van der Waals surface area contributed by atoms with E-state index in [0.717, 1.165) is 10.7 Å². The van der Waals surface area contributed by atoms with Gasteiger partial charge in [0.25, 0.3) is 0 Å². The molecule has 0 aliphatic rings. The first-order chi connectivity index (χ1) is 13.1. The van der Waals surface area contributed by atoms with Gasteiger partial charge in [-0.3, -0.25) is 14.5 Å². The minimum Gasteiger partial charge on any atom is -0.385 e. The number of nitrogens with one attached hydrogen (secondary N) is 2. The summed E-state index contributed by atoms with van der Waals surface area (Å²) >= 11 is 0. The molecule has 0 unspecified atom stereocenters. The number of methoxy groups -OCH3 is 1. The second-order valence-electron chi connectivity index (χ2n) is 6.68. The number of nitrogens with zero attached hydrogens (tertiary/aromatic N) is 2. The maximum atomic E-state index is 12.4. The maximum Gasteiger partial charge on any atom is 0.242 e. The number of amides is 2. The fourth-order valence-electron chi connectivity index (χ4n) is 2.40. The molecular weight excluding hydrogens is 384 g/mol. The normalized spacial score (nSPS) is 11.7. The standard InChI is InChI=1S/C18H30N4O5S/c1-14-7-8-15(11-16(14)28(25,26)21(2)3)20-18(24)13-22(4)12-17(23)19-9-6-10-27-5/h7-8,11H,6,9-10,12-13H2,1-5H3,(H,19,23)(H,20,24). The molecule has 10 heteroatoms. The Hall–Kier alpha value is -2.01. The van der Waals surface area contributed by atoms with Crippen LogP contribution < -0.4 is 10.6 Å². The molecule has 0 atom stereocenters. The smallest absolute Gasteiger partial charge is 0.242 e. The molecule has 0 saturated heterocycles. The molecule has 0 fully saturated rings. The van der Waals surface area contributed by atoms with Crippen LogP contribution in [-0.2, 0) is 24.3 Å². The molecule has 0 bridgehead atoms. The van der Waals surface area contributed by atoms with Crippen LogP contribution in [0.25, 0.3) is 0 Å². The number of carbonyl (C=O) groups excluding carboxylic acids is 2. The largest absolute Gasteiger partial charge is 0.385 e. The summed E-state index contributed by atoms with van der Waals surface area (Å²) in [4.78, 5) is 25.8. The highest BCUT2D eigenvalue weighted by molar-refractivity contribution is 7.89. The van der Waals surface area contributed by atoms with Crippen LogP contribution in [0.4, 0.5) is 5.69 Å². The van der Waals surface area contributed by atoms with E-state index in [4.69, 9.17) is 4.74 Å². The Kier molecular flexibility index (Phi) is 9.53. The van der Waals surface area contributed by atoms with E-state index in [1.807, 2.05) is 0 Å². The zero-order chi connectivity index (χ0) is 21.3. The highest BCUT2D eigenvalue weighted by Gasteiger charge is 2.20. The maximum absolute atomic E-state index is 12.4. The molecule has 2 amide bonds. The highest BCUT2D eigenvalue weighted by Crippen LogP contribution is 2.22. The second kappa shape index (κ2) is 11.1. The number of aryl methyl sites for hydroxylation is 1. The lowest BCUT2D eigenvalue weighted by Crippen LogP contribution is -2.39. The summed E-state index contributed by atoms with van der Waals surface area (Å²) < 4.78 is 30.8.